The van der Waals surface area contributed by atoms with Crippen LogP contribution in [-0.4, -0.2) is 21.3 Å². The predicted octanol–water partition coefficient (Wildman–Crippen LogP) is 2.58. The van der Waals surface area contributed by atoms with Crippen molar-refractivity contribution in [3.05, 3.63) is 23.3 Å². The van der Waals surface area contributed by atoms with Gasteiger partial charge in [0.2, 0.25) is 0 Å². The number of hydrogen-bond donors (Lipinski definition) is 1. The van der Waals surface area contributed by atoms with Crippen molar-refractivity contribution < 1.29 is 14.2 Å². The Morgan fingerprint density at radius 2 is 1.79 bits per heavy atom. The molecule has 2 N–H and O–H groups in total. The van der Waals surface area contributed by atoms with Crippen LogP contribution in [-0.2, 0) is 16.9 Å². The van der Waals surface area contributed by atoms with Gasteiger partial charge in [-0.15, -0.1) is 0 Å². The van der Waals surface area contributed by atoms with Crippen LogP contribution in [0, 0.1) is 0 Å². The third kappa shape index (κ3) is 2.55. The Morgan fingerprint density at radius 3 is 2.32 bits per heavy atom. The van der Waals surface area contributed by atoms with Crippen LogP contribution in [0.25, 0.3) is 0 Å². The molecule has 0 saturated heterocycles. The van der Waals surface area contributed by atoms with Crippen molar-refractivity contribution in [2.75, 3.05) is 21.3 Å². The normalized spacial score (nSPS) is 17.5. The number of nitrogens with two attached hydrogens (primary N) is 1. The van der Waals surface area contributed by atoms with Gasteiger partial charge in [0.1, 0.15) is 0 Å². The Morgan fingerprint density at radius 1 is 1.11 bits per heavy atom. The lowest BCUT2D eigenvalue weighted by atomic mass is 9.85. The highest BCUT2D eigenvalue weighted by Gasteiger charge is 2.37. The lowest BCUT2D eigenvalue weighted by Gasteiger charge is -2.29. The smallest absolute Gasteiger partial charge is 0.166 e. The summed E-state index contributed by atoms with van der Waals surface area (Å²) in [6.45, 7) is 0.536. The third-order valence-corrected chi connectivity index (χ3v) is 3.93. The topological polar surface area (TPSA) is 53.7 Å². The standard InChI is InChI=1S/C15H23NO3/c1-17-10-11-6-7-12(18-2)14(19-3)13(11)15(16)8-4-5-9-15/h6-7H,4-5,8-10,16H2,1-3H3. The summed E-state index contributed by atoms with van der Waals surface area (Å²) in [7, 11) is 5.00. The summed E-state index contributed by atoms with van der Waals surface area (Å²) in [5.41, 5.74) is 8.43. The average molecular weight is 265 g/mol. The van der Waals surface area contributed by atoms with Gasteiger partial charge in [-0.2, -0.15) is 0 Å². The first-order chi connectivity index (χ1) is 9.16. The summed E-state index contributed by atoms with van der Waals surface area (Å²) in [5, 5.41) is 0. The first-order valence-corrected chi connectivity index (χ1v) is 6.68. The van der Waals surface area contributed by atoms with Gasteiger partial charge in [0.05, 0.1) is 20.8 Å². The second-order valence-corrected chi connectivity index (χ2v) is 5.13. The van der Waals surface area contributed by atoms with Crippen molar-refractivity contribution in [3.63, 3.8) is 0 Å². The first-order valence-electron chi connectivity index (χ1n) is 6.68. The van der Waals surface area contributed by atoms with Crippen molar-refractivity contribution >= 4 is 0 Å². The molecular formula is C15H23NO3. The second kappa shape index (κ2) is 5.80. The van der Waals surface area contributed by atoms with E-state index in [-0.39, 0.29) is 5.54 Å². The monoisotopic (exact) mass is 265 g/mol. The molecule has 0 atom stereocenters. The van der Waals surface area contributed by atoms with Crippen LogP contribution in [0.15, 0.2) is 12.1 Å². The zero-order valence-electron chi connectivity index (χ0n) is 12.0. The molecule has 4 heteroatoms. The minimum absolute atomic E-state index is 0.326. The van der Waals surface area contributed by atoms with Crippen molar-refractivity contribution in [1.82, 2.24) is 0 Å². The van der Waals surface area contributed by atoms with Crippen molar-refractivity contribution in [1.29, 1.82) is 0 Å². The van der Waals surface area contributed by atoms with Gasteiger partial charge in [0.25, 0.3) is 0 Å². The quantitative estimate of drug-likeness (QED) is 0.889. The van der Waals surface area contributed by atoms with Crippen LogP contribution in [0.5, 0.6) is 11.5 Å². The molecule has 106 valence electrons. The van der Waals surface area contributed by atoms with E-state index in [0.29, 0.717) is 6.61 Å². The van der Waals surface area contributed by atoms with Crippen LogP contribution in [0.2, 0.25) is 0 Å². The molecule has 0 radical (unpaired) electrons. The fourth-order valence-corrected chi connectivity index (χ4v) is 3.05. The molecule has 0 amide bonds. The number of hydrogen-bond acceptors (Lipinski definition) is 4. The van der Waals surface area contributed by atoms with E-state index >= 15 is 0 Å². The Balaban J connectivity index is 2.58. The fraction of sp³-hybridized carbons (Fsp3) is 0.600. The lowest BCUT2D eigenvalue weighted by Crippen LogP contribution is -2.35. The van der Waals surface area contributed by atoms with Gasteiger partial charge < -0.3 is 19.9 Å². The molecule has 0 unspecified atom stereocenters. The minimum Gasteiger partial charge on any atom is -0.493 e. The molecule has 0 bridgehead atoms. The molecule has 1 aliphatic rings. The zero-order valence-corrected chi connectivity index (χ0v) is 12.0. The maximum Gasteiger partial charge on any atom is 0.166 e. The minimum atomic E-state index is -0.326. The summed E-state index contributed by atoms with van der Waals surface area (Å²) < 4.78 is 16.3. The number of ether oxygens (including phenoxy) is 3. The summed E-state index contributed by atoms with van der Waals surface area (Å²) in [6, 6.07) is 3.93. The van der Waals surface area contributed by atoms with Gasteiger partial charge in [-0.05, 0) is 24.5 Å². The van der Waals surface area contributed by atoms with Crippen LogP contribution < -0.4 is 15.2 Å². The zero-order chi connectivity index (χ0) is 13.9. The third-order valence-electron chi connectivity index (χ3n) is 3.93. The van der Waals surface area contributed by atoms with Crippen molar-refractivity contribution in [2.45, 2.75) is 37.8 Å². The van der Waals surface area contributed by atoms with Gasteiger partial charge in [0.15, 0.2) is 11.5 Å². The van der Waals surface area contributed by atoms with E-state index < -0.39 is 0 Å². The molecule has 1 fully saturated rings. The molecule has 0 spiro atoms. The van der Waals surface area contributed by atoms with Crippen LogP contribution >= 0.6 is 0 Å². The molecule has 1 aromatic rings. The van der Waals surface area contributed by atoms with Crippen LogP contribution in [0.3, 0.4) is 0 Å². The first kappa shape index (κ1) is 14.2. The van der Waals surface area contributed by atoms with E-state index in [1.165, 1.54) is 0 Å². The van der Waals surface area contributed by atoms with Gasteiger partial charge in [-0.1, -0.05) is 18.9 Å². The van der Waals surface area contributed by atoms with Crippen molar-refractivity contribution in [3.8, 4) is 11.5 Å². The van der Waals surface area contributed by atoms with E-state index in [1.807, 2.05) is 12.1 Å². The molecule has 1 aliphatic carbocycles. The Hall–Kier alpha value is -1.26. The fourth-order valence-electron chi connectivity index (χ4n) is 3.05. The lowest BCUT2D eigenvalue weighted by molar-refractivity contribution is 0.181. The Bertz CT molecular complexity index is 439. The van der Waals surface area contributed by atoms with Gasteiger partial charge >= 0.3 is 0 Å². The SMILES string of the molecule is COCc1ccc(OC)c(OC)c1C1(N)CCCC1. The number of methoxy groups -OCH3 is 3. The molecular weight excluding hydrogens is 242 g/mol. The largest absolute Gasteiger partial charge is 0.493 e. The molecule has 0 aliphatic heterocycles. The maximum absolute atomic E-state index is 6.62. The summed E-state index contributed by atoms with van der Waals surface area (Å²) in [5.74, 6) is 1.48. The molecule has 1 aromatic carbocycles. The number of rotatable bonds is 5. The highest BCUT2D eigenvalue weighted by atomic mass is 16.5. The molecule has 0 aromatic heterocycles. The second-order valence-electron chi connectivity index (χ2n) is 5.13. The van der Waals surface area contributed by atoms with Crippen LogP contribution in [0.1, 0.15) is 36.8 Å². The Labute approximate surface area is 114 Å². The molecule has 1 saturated carbocycles. The van der Waals surface area contributed by atoms with Gasteiger partial charge in [-0.25, -0.2) is 0 Å². The molecule has 4 nitrogen and oxygen atoms in total. The van der Waals surface area contributed by atoms with E-state index in [2.05, 4.69) is 0 Å². The average Bonchev–Trinajstić information content (AvgIpc) is 2.86. The maximum atomic E-state index is 6.62. The van der Waals surface area contributed by atoms with Gasteiger partial charge in [-0.3, -0.25) is 0 Å². The van der Waals surface area contributed by atoms with Crippen LogP contribution in [0.4, 0.5) is 0 Å². The molecule has 0 heterocycles. The summed E-state index contributed by atoms with van der Waals surface area (Å²) in [4.78, 5) is 0. The van der Waals surface area contributed by atoms with E-state index in [4.69, 9.17) is 19.9 Å². The molecule has 19 heavy (non-hydrogen) atoms. The highest BCUT2D eigenvalue weighted by molar-refractivity contribution is 5.54. The summed E-state index contributed by atoms with van der Waals surface area (Å²) >= 11 is 0. The van der Waals surface area contributed by atoms with E-state index in [1.54, 1.807) is 21.3 Å². The highest BCUT2D eigenvalue weighted by Crippen LogP contribution is 2.46. The number of benzene rings is 1. The van der Waals surface area contributed by atoms with Gasteiger partial charge in [0, 0.05) is 18.2 Å². The van der Waals surface area contributed by atoms with Crippen molar-refractivity contribution in [2.24, 2.45) is 5.73 Å². The summed E-state index contributed by atoms with van der Waals surface area (Å²) in [6.07, 6.45) is 4.27. The van der Waals surface area contributed by atoms with E-state index in [0.717, 1.165) is 48.3 Å². The Kier molecular flexibility index (Phi) is 4.32. The molecule has 2 rings (SSSR count). The van der Waals surface area contributed by atoms with E-state index in [9.17, 15) is 0 Å². The predicted molar refractivity (Wildman–Crippen MR) is 74.6 cm³/mol.